The third-order valence-electron chi connectivity index (χ3n) is 4.86. The van der Waals surface area contributed by atoms with Crippen molar-refractivity contribution in [2.24, 2.45) is 0 Å². The van der Waals surface area contributed by atoms with Crippen molar-refractivity contribution in [3.05, 3.63) is 74.9 Å². The molecule has 12 heteroatoms. The molecule has 10 nitrogen and oxygen atoms in total. The van der Waals surface area contributed by atoms with Crippen LogP contribution in [-0.4, -0.2) is 34.2 Å². The van der Waals surface area contributed by atoms with Crippen molar-refractivity contribution in [1.29, 1.82) is 0 Å². The van der Waals surface area contributed by atoms with E-state index in [1.807, 2.05) is 0 Å². The Hall–Kier alpha value is -3.38. The number of nitro benzene ring substituents is 1. The van der Waals surface area contributed by atoms with Crippen LogP contribution < -0.4 is 10.4 Å². The molecule has 31 heavy (non-hydrogen) atoms. The van der Waals surface area contributed by atoms with E-state index in [0.717, 1.165) is 37.1 Å². The first kappa shape index (κ1) is 20.9. The first-order chi connectivity index (χ1) is 14.8. The number of sulfonamides is 1. The zero-order valence-corrected chi connectivity index (χ0v) is 17.0. The minimum Gasteiger partial charge on any atom is -0.272 e. The molecular formula is C19H18FN5O5S. The number of hydrogen-bond donors (Lipinski definition) is 1. The zero-order valence-electron chi connectivity index (χ0n) is 16.1. The van der Waals surface area contributed by atoms with Crippen LogP contribution in [0, 0.1) is 15.9 Å². The second-order valence-electron chi connectivity index (χ2n) is 7.09. The Morgan fingerprint density at radius 3 is 2.35 bits per heavy atom. The van der Waals surface area contributed by atoms with Gasteiger partial charge in [0, 0.05) is 30.3 Å². The molecule has 2 aromatic carbocycles. The fourth-order valence-electron chi connectivity index (χ4n) is 3.14. The normalized spacial score (nSPS) is 14.0. The molecule has 0 bridgehead atoms. The molecule has 4 rings (SSSR count). The number of benzene rings is 2. The molecule has 1 aliphatic rings. The van der Waals surface area contributed by atoms with Crippen LogP contribution in [0.2, 0.25) is 0 Å². The van der Waals surface area contributed by atoms with E-state index in [-0.39, 0.29) is 35.4 Å². The molecule has 1 fully saturated rings. The number of hydrogen-bond acceptors (Lipinski definition) is 6. The lowest BCUT2D eigenvalue weighted by atomic mass is 10.2. The quantitative estimate of drug-likeness (QED) is 0.416. The molecule has 0 aliphatic heterocycles. The van der Waals surface area contributed by atoms with Gasteiger partial charge in [0.15, 0.2) is 5.82 Å². The van der Waals surface area contributed by atoms with Crippen molar-refractivity contribution in [2.75, 3.05) is 6.54 Å². The molecule has 162 valence electrons. The molecule has 0 saturated heterocycles. The first-order valence-electron chi connectivity index (χ1n) is 9.46. The highest BCUT2D eigenvalue weighted by Gasteiger charge is 2.30. The highest BCUT2D eigenvalue weighted by atomic mass is 32.2. The van der Waals surface area contributed by atoms with Crippen molar-refractivity contribution < 1.29 is 17.7 Å². The molecule has 0 radical (unpaired) electrons. The maximum absolute atomic E-state index is 13.2. The Morgan fingerprint density at radius 2 is 1.77 bits per heavy atom. The molecule has 1 heterocycles. The largest absolute Gasteiger partial charge is 0.346 e. The Kier molecular flexibility index (Phi) is 5.41. The van der Waals surface area contributed by atoms with Crippen LogP contribution >= 0.6 is 0 Å². The summed E-state index contributed by atoms with van der Waals surface area (Å²) in [5.41, 5.74) is 0.0106. The molecule has 1 aliphatic carbocycles. The van der Waals surface area contributed by atoms with Crippen molar-refractivity contribution >= 4 is 15.7 Å². The summed E-state index contributed by atoms with van der Waals surface area (Å²) in [7, 11) is -3.91. The number of nitro groups is 1. The smallest absolute Gasteiger partial charge is 0.272 e. The summed E-state index contributed by atoms with van der Waals surface area (Å²) < 4.78 is 43.1. The molecule has 1 N–H and O–H groups in total. The Balaban J connectivity index is 1.51. The lowest BCUT2D eigenvalue weighted by molar-refractivity contribution is -0.384. The van der Waals surface area contributed by atoms with Crippen LogP contribution in [0.5, 0.6) is 0 Å². The molecule has 0 unspecified atom stereocenters. The van der Waals surface area contributed by atoms with Gasteiger partial charge in [0.2, 0.25) is 10.0 Å². The van der Waals surface area contributed by atoms with Gasteiger partial charge in [-0.2, -0.15) is 0 Å². The van der Waals surface area contributed by atoms with Crippen molar-refractivity contribution in [2.45, 2.75) is 30.3 Å². The van der Waals surface area contributed by atoms with Gasteiger partial charge in [-0.3, -0.25) is 14.7 Å². The number of aromatic nitrogens is 3. The lowest BCUT2D eigenvalue weighted by Gasteiger charge is -2.06. The van der Waals surface area contributed by atoms with Gasteiger partial charge >= 0.3 is 5.69 Å². The van der Waals surface area contributed by atoms with Crippen molar-refractivity contribution in [3.8, 4) is 11.4 Å². The fourth-order valence-corrected chi connectivity index (χ4v) is 4.16. The molecule has 3 aromatic rings. The van der Waals surface area contributed by atoms with E-state index < -0.39 is 20.8 Å². The zero-order chi connectivity index (χ0) is 22.2. The van der Waals surface area contributed by atoms with Gasteiger partial charge in [-0.05, 0) is 49.2 Å². The minimum absolute atomic E-state index is 0.0149. The van der Waals surface area contributed by atoms with Gasteiger partial charge in [0.05, 0.1) is 16.4 Å². The summed E-state index contributed by atoms with van der Waals surface area (Å²) in [6.07, 6.45) is 1.68. The number of halogens is 1. The molecule has 0 amide bonds. The lowest BCUT2D eigenvalue weighted by Crippen LogP contribution is -2.32. The molecular weight excluding hydrogens is 429 g/mol. The van der Waals surface area contributed by atoms with Gasteiger partial charge < -0.3 is 0 Å². The minimum atomic E-state index is -3.91. The summed E-state index contributed by atoms with van der Waals surface area (Å²) in [4.78, 5) is 22.7. The van der Waals surface area contributed by atoms with Gasteiger partial charge in [-0.25, -0.2) is 27.0 Å². The van der Waals surface area contributed by atoms with Crippen LogP contribution in [-0.2, 0) is 16.6 Å². The third kappa shape index (κ3) is 4.39. The van der Waals surface area contributed by atoms with E-state index >= 15 is 0 Å². The highest BCUT2D eigenvalue weighted by molar-refractivity contribution is 7.89. The van der Waals surface area contributed by atoms with Crippen LogP contribution in [0.15, 0.2) is 58.2 Å². The topological polar surface area (TPSA) is 129 Å². The van der Waals surface area contributed by atoms with Crippen LogP contribution in [0.3, 0.4) is 0 Å². The van der Waals surface area contributed by atoms with E-state index in [9.17, 15) is 27.7 Å². The van der Waals surface area contributed by atoms with Gasteiger partial charge in [-0.1, -0.05) is 0 Å². The van der Waals surface area contributed by atoms with Crippen LogP contribution in [0.1, 0.15) is 18.9 Å². The van der Waals surface area contributed by atoms with Crippen LogP contribution in [0.25, 0.3) is 11.4 Å². The van der Waals surface area contributed by atoms with E-state index in [0.29, 0.717) is 11.4 Å². The molecule has 0 spiro atoms. The van der Waals surface area contributed by atoms with Crippen molar-refractivity contribution in [1.82, 2.24) is 19.1 Å². The molecule has 1 saturated carbocycles. The predicted molar refractivity (Wildman–Crippen MR) is 108 cm³/mol. The third-order valence-corrected chi connectivity index (χ3v) is 6.34. The highest BCUT2D eigenvalue weighted by Crippen LogP contribution is 2.36. The standard InChI is InChI=1S/C19H18FN5O5S/c20-14-3-1-13(2-4-14)18-22-23(19(26)24(18)15-5-6-15)12-11-21-31(29,30)17-9-7-16(8-10-17)25(27)28/h1-4,7-10,15,21H,5-6,11-12H2. The first-order valence-corrected chi connectivity index (χ1v) is 10.9. The Labute approximate surface area is 176 Å². The van der Waals surface area contributed by atoms with Crippen molar-refractivity contribution in [3.63, 3.8) is 0 Å². The maximum atomic E-state index is 13.2. The summed E-state index contributed by atoms with van der Waals surface area (Å²) in [5.74, 6) is 0.00915. The maximum Gasteiger partial charge on any atom is 0.346 e. The van der Waals surface area contributed by atoms with E-state index in [2.05, 4.69) is 9.82 Å². The number of nitrogens with one attached hydrogen (secondary N) is 1. The van der Waals surface area contributed by atoms with E-state index in [4.69, 9.17) is 0 Å². The van der Waals surface area contributed by atoms with E-state index in [1.165, 1.54) is 28.9 Å². The molecule has 1 aromatic heterocycles. The Morgan fingerprint density at radius 1 is 1.13 bits per heavy atom. The SMILES string of the molecule is O=c1n(CCNS(=O)(=O)c2ccc([N+](=O)[O-])cc2)nc(-c2ccc(F)cc2)n1C1CC1. The van der Waals surface area contributed by atoms with Crippen LogP contribution in [0.4, 0.5) is 10.1 Å². The summed E-state index contributed by atoms with van der Waals surface area (Å²) in [6, 6.07) is 10.2. The second-order valence-corrected chi connectivity index (χ2v) is 8.85. The monoisotopic (exact) mass is 447 g/mol. The summed E-state index contributed by atoms with van der Waals surface area (Å²) in [6.45, 7) is -0.122. The second kappa shape index (κ2) is 8.04. The van der Waals surface area contributed by atoms with Gasteiger partial charge in [0.25, 0.3) is 5.69 Å². The predicted octanol–water partition coefficient (Wildman–Crippen LogP) is 2.07. The van der Waals surface area contributed by atoms with E-state index in [1.54, 1.807) is 4.57 Å². The number of rotatable bonds is 8. The van der Waals surface area contributed by atoms with Gasteiger partial charge in [-0.15, -0.1) is 5.10 Å². The summed E-state index contributed by atoms with van der Waals surface area (Å²) >= 11 is 0. The van der Waals surface area contributed by atoms with Gasteiger partial charge in [0.1, 0.15) is 5.82 Å². The number of nitrogens with zero attached hydrogens (tertiary/aromatic N) is 4. The fraction of sp³-hybridized carbons (Fsp3) is 0.263. The summed E-state index contributed by atoms with van der Waals surface area (Å²) in [5, 5.41) is 15.0. The molecule has 0 atom stereocenters. The Bertz CT molecular complexity index is 1280. The number of non-ortho nitro benzene ring substituents is 1. The average molecular weight is 447 g/mol. The average Bonchev–Trinajstić information content (AvgIpc) is 3.53.